The van der Waals surface area contributed by atoms with Gasteiger partial charge in [-0.25, -0.2) is 15.0 Å². The van der Waals surface area contributed by atoms with E-state index in [1.807, 2.05) is 11.5 Å². The van der Waals surface area contributed by atoms with Crippen molar-refractivity contribution in [1.82, 2.24) is 9.55 Å². The Morgan fingerprint density at radius 1 is 1.75 bits per heavy atom. The van der Waals surface area contributed by atoms with Crippen molar-refractivity contribution >= 4 is 18.0 Å². The molecule has 0 spiro atoms. The van der Waals surface area contributed by atoms with Crippen LogP contribution >= 0.6 is 0 Å². The van der Waals surface area contributed by atoms with Crippen LogP contribution in [0.1, 0.15) is 25.1 Å². The predicted molar refractivity (Wildman–Crippen MR) is 62.1 cm³/mol. The number of hydrogen-bond donors (Lipinski definition) is 2. The van der Waals surface area contributed by atoms with Crippen molar-refractivity contribution in [3.63, 3.8) is 0 Å². The standard InChI is InChI=1S/C10H15N5O/c1-6-10(13-4-12-7(2)11)15(5-14-6)8-3-9(8)16/h4-5,8-9,16H,3H2,1-2H3,(H2,11,12,13). The van der Waals surface area contributed by atoms with E-state index in [1.165, 1.54) is 6.34 Å². The first-order valence-corrected chi connectivity index (χ1v) is 5.13. The number of imidazole rings is 1. The van der Waals surface area contributed by atoms with Crippen molar-refractivity contribution in [1.29, 1.82) is 0 Å². The molecule has 1 saturated carbocycles. The number of nitrogens with zero attached hydrogens (tertiary/aromatic N) is 4. The molecule has 1 heterocycles. The van der Waals surface area contributed by atoms with Gasteiger partial charge < -0.3 is 15.4 Å². The summed E-state index contributed by atoms with van der Waals surface area (Å²) in [5.74, 6) is 1.19. The molecular formula is C10H15N5O. The third-order valence-electron chi connectivity index (χ3n) is 2.47. The van der Waals surface area contributed by atoms with Gasteiger partial charge in [-0.05, 0) is 20.3 Å². The van der Waals surface area contributed by atoms with Gasteiger partial charge in [0.1, 0.15) is 6.34 Å². The fourth-order valence-electron chi connectivity index (χ4n) is 1.49. The molecule has 2 rings (SSSR count). The Labute approximate surface area is 93.5 Å². The van der Waals surface area contributed by atoms with Gasteiger partial charge in [0, 0.05) is 0 Å². The second-order valence-corrected chi connectivity index (χ2v) is 3.95. The molecule has 0 radical (unpaired) electrons. The summed E-state index contributed by atoms with van der Waals surface area (Å²) in [5, 5.41) is 9.38. The van der Waals surface area contributed by atoms with E-state index in [1.54, 1.807) is 13.3 Å². The molecule has 0 amide bonds. The predicted octanol–water partition coefficient (Wildman–Crippen LogP) is 0.534. The zero-order chi connectivity index (χ0) is 11.7. The molecule has 1 aromatic heterocycles. The fraction of sp³-hybridized carbons (Fsp3) is 0.500. The maximum Gasteiger partial charge on any atom is 0.157 e. The highest BCUT2D eigenvalue weighted by Crippen LogP contribution is 2.39. The topological polar surface area (TPSA) is 88.8 Å². The van der Waals surface area contributed by atoms with Crippen molar-refractivity contribution < 1.29 is 5.11 Å². The third-order valence-corrected chi connectivity index (χ3v) is 2.47. The number of aromatic nitrogens is 2. The van der Waals surface area contributed by atoms with Gasteiger partial charge in [0.2, 0.25) is 0 Å². The third kappa shape index (κ3) is 2.11. The number of aryl methyl sites for hydroxylation is 1. The lowest BCUT2D eigenvalue weighted by molar-refractivity contribution is 0.260. The highest BCUT2D eigenvalue weighted by Gasteiger charge is 2.38. The summed E-state index contributed by atoms with van der Waals surface area (Å²) in [6.07, 6.45) is 3.59. The summed E-state index contributed by atoms with van der Waals surface area (Å²) < 4.78 is 1.87. The highest BCUT2D eigenvalue weighted by atomic mass is 16.3. The van der Waals surface area contributed by atoms with Gasteiger partial charge in [-0.3, -0.25) is 0 Å². The Hall–Kier alpha value is -1.69. The summed E-state index contributed by atoms with van der Waals surface area (Å²) in [6, 6.07) is 0.108. The second kappa shape index (κ2) is 4.05. The van der Waals surface area contributed by atoms with Crippen molar-refractivity contribution in [2.45, 2.75) is 32.4 Å². The first kappa shape index (κ1) is 10.8. The second-order valence-electron chi connectivity index (χ2n) is 3.95. The molecule has 6 heteroatoms. The van der Waals surface area contributed by atoms with Crippen LogP contribution in [-0.2, 0) is 0 Å². The molecule has 6 nitrogen and oxygen atoms in total. The van der Waals surface area contributed by atoms with E-state index in [0.29, 0.717) is 5.84 Å². The Bertz CT molecular complexity index is 444. The number of amidine groups is 1. The van der Waals surface area contributed by atoms with Crippen LogP contribution in [0.25, 0.3) is 0 Å². The van der Waals surface area contributed by atoms with E-state index in [0.717, 1.165) is 17.9 Å². The normalized spacial score (nSPS) is 25.3. The van der Waals surface area contributed by atoms with E-state index in [4.69, 9.17) is 5.73 Å². The average molecular weight is 221 g/mol. The highest BCUT2D eigenvalue weighted by molar-refractivity contribution is 5.85. The molecule has 0 saturated heterocycles. The first-order valence-electron chi connectivity index (χ1n) is 5.13. The average Bonchev–Trinajstić information content (AvgIpc) is 2.81. The zero-order valence-electron chi connectivity index (χ0n) is 9.33. The largest absolute Gasteiger partial charge is 0.391 e. The van der Waals surface area contributed by atoms with E-state index < -0.39 is 0 Å². The molecular weight excluding hydrogens is 206 g/mol. The maximum absolute atomic E-state index is 9.38. The first-order chi connectivity index (χ1) is 7.59. The van der Waals surface area contributed by atoms with Crippen LogP contribution in [0.2, 0.25) is 0 Å². The Balaban J connectivity index is 2.22. The van der Waals surface area contributed by atoms with E-state index in [2.05, 4.69) is 15.0 Å². The van der Waals surface area contributed by atoms with Gasteiger partial charge in [-0.1, -0.05) is 0 Å². The van der Waals surface area contributed by atoms with Crippen molar-refractivity contribution in [3.05, 3.63) is 12.0 Å². The van der Waals surface area contributed by atoms with Gasteiger partial charge in [-0.15, -0.1) is 0 Å². The number of aliphatic hydroxyl groups is 1. The van der Waals surface area contributed by atoms with Crippen molar-refractivity contribution in [3.8, 4) is 0 Å². The quantitative estimate of drug-likeness (QED) is 0.576. The van der Waals surface area contributed by atoms with Gasteiger partial charge in [-0.2, -0.15) is 0 Å². The van der Waals surface area contributed by atoms with E-state index >= 15 is 0 Å². The molecule has 0 aliphatic heterocycles. The summed E-state index contributed by atoms with van der Waals surface area (Å²) >= 11 is 0. The van der Waals surface area contributed by atoms with Crippen LogP contribution in [-0.4, -0.2) is 32.9 Å². The van der Waals surface area contributed by atoms with Gasteiger partial charge >= 0.3 is 0 Å². The van der Waals surface area contributed by atoms with Crippen LogP contribution in [0.15, 0.2) is 16.3 Å². The summed E-state index contributed by atoms with van der Waals surface area (Å²) in [7, 11) is 0. The molecule has 2 atom stereocenters. The number of nitrogens with two attached hydrogens (primary N) is 1. The van der Waals surface area contributed by atoms with Crippen LogP contribution in [0, 0.1) is 6.92 Å². The molecule has 1 aromatic rings. The van der Waals surface area contributed by atoms with Gasteiger partial charge in [0.15, 0.2) is 5.82 Å². The minimum absolute atomic E-state index is 0.108. The smallest absolute Gasteiger partial charge is 0.157 e. The van der Waals surface area contributed by atoms with Crippen LogP contribution < -0.4 is 5.73 Å². The number of hydrogen-bond acceptors (Lipinski definition) is 3. The zero-order valence-corrected chi connectivity index (χ0v) is 9.33. The molecule has 3 N–H and O–H groups in total. The SMILES string of the molecule is CC(N)=N/C=N\c1c(C)ncn1C1CC1O. The number of aliphatic hydroxyl groups excluding tert-OH is 1. The molecule has 16 heavy (non-hydrogen) atoms. The molecule has 0 bridgehead atoms. The Morgan fingerprint density at radius 3 is 3.00 bits per heavy atom. The van der Waals surface area contributed by atoms with Gasteiger partial charge in [0.25, 0.3) is 0 Å². The van der Waals surface area contributed by atoms with E-state index in [-0.39, 0.29) is 12.1 Å². The van der Waals surface area contributed by atoms with Crippen molar-refractivity contribution in [2.24, 2.45) is 15.7 Å². The lowest BCUT2D eigenvalue weighted by atomic mass is 10.5. The minimum Gasteiger partial charge on any atom is -0.391 e. The van der Waals surface area contributed by atoms with Crippen molar-refractivity contribution in [2.75, 3.05) is 0 Å². The lowest BCUT2D eigenvalue weighted by Gasteiger charge is -2.01. The lowest BCUT2D eigenvalue weighted by Crippen LogP contribution is -2.04. The summed E-state index contributed by atoms with van der Waals surface area (Å²) in [5.41, 5.74) is 6.22. The maximum atomic E-state index is 9.38. The van der Waals surface area contributed by atoms with Crippen LogP contribution in [0.4, 0.5) is 5.82 Å². The monoisotopic (exact) mass is 221 g/mol. The number of aliphatic imine (C=N–C) groups is 2. The fourth-order valence-corrected chi connectivity index (χ4v) is 1.49. The molecule has 1 fully saturated rings. The molecule has 2 unspecified atom stereocenters. The number of rotatable bonds is 3. The molecule has 1 aliphatic rings. The molecule has 0 aromatic carbocycles. The Kier molecular flexibility index (Phi) is 2.74. The van der Waals surface area contributed by atoms with Crippen LogP contribution in [0.5, 0.6) is 0 Å². The van der Waals surface area contributed by atoms with Crippen LogP contribution in [0.3, 0.4) is 0 Å². The molecule has 86 valence electrons. The van der Waals surface area contributed by atoms with E-state index in [9.17, 15) is 5.11 Å². The van der Waals surface area contributed by atoms with Gasteiger partial charge in [0.05, 0.1) is 30.0 Å². The summed E-state index contributed by atoms with van der Waals surface area (Å²) in [4.78, 5) is 12.2. The Morgan fingerprint density at radius 2 is 2.44 bits per heavy atom. The minimum atomic E-state index is -0.276. The molecule has 1 aliphatic carbocycles. The summed E-state index contributed by atoms with van der Waals surface area (Å²) in [6.45, 7) is 3.57.